The van der Waals surface area contributed by atoms with E-state index >= 15 is 0 Å². The largest absolute Gasteiger partial charge is 0.292 e. The Bertz CT molecular complexity index is 990. The molecular formula is C25H26N2O2. The average molecular weight is 386 g/mol. The molecule has 4 heteroatoms. The summed E-state index contributed by atoms with van der Waals surface area (Å²) in [4.78, 5) is 33.5. The Morgan fingerprint density at radius 2 is 1.59 bits per heavy atom. The highest BCUT2D eigenvalue weighted by molar-refractivity contribution is 5.98. The summed E-state index contributed by atoms with van der Waals surface area (Å²) in [5, 5.41) is 0. The number of nitrogens with zero attached hydrogens (tertiary/aromatic N) is 2. The van der Waals surface area contributed by atoms with Gasteiger partial charge in [-0.15, -0.1) is 0 Å². The van der Waals surface area contributed by atoms with Gasteiger partial charge in [-0.05, 0) is 43.0 Å². The number of Topliss-reactive ketones (excluding diaryl/α,β-unsaturated/α-hetero) is 2. The van der Waals surface area contributed by atoms with Gasteiger partial charge in [0.05, 0.1) is 5.69 Å². The molecule has 0 atom stereocenters. The molecule has 0 amide bonds. The van der Waals surface area contributed by atoms with E-state index in [1.165, 1.54) is 5.56 Å². The van der Waals surface area contributed by atoms with Gasteiger partial charge in [0.25, 0.3) is 0 Å². The van der Waals surface area contributed by atoms with Crippen molar-refractivity contribution in [1.82, 2.24) is 9.97 Å². The van der Waals surface area contributed by atoms with Gasteiger partial charge in [-0.2, -0.15) is 0 Å². The summed E-state index contributed by atoms with van der Waals surface area (Å²) in [5.74, 6) is 0.177. The van der Waals surface area contributed by atoms with Gasteiger partial charge in [-0.1, -0.05) is 55.8 Å². The Kier molecular flexibility index (Phi) is 6.65. The highest BCUT2D eigenvalue weighted by Gasteiger charge is 2.14. The molecule has 4 nitrogen and oxygen atoms in total. The maximum atomic E-state index is 12.5. The number of rotatable bonds is 8. The van der Waals surface area contributed by atoms with Crippen molar-refractivity contribution in [2.45, 2.75) is 40.0 Å². The van der Waals surface area contributed by atoms with Gasteiger partial charge >= 0.3 is 0 Å². The van der Waals surface area contributed by atoms with Crippen LogP contribution in [-0.2, 0) is 6.42 Å². The molecule has 0 radical (unpaired) electrons. The van der Waals surface area contributed by atoms with Gasteiger partial charge in [0.1, 0.15) is 11.4 Å². The van der Waals surface area contributed by atoms with Crippen molar-refractivity contribution in [3.63, 3.8) is 0 Å². The van der Waals surface area contributed by atoms with Gasteiger partial charge < -0.3 is 0 Å². The van der Waals surface area contributed by atoms with Crippen LogP contribution in [0.1, 0.15) is 58.8 Å². The summed E-state index contributed by atoms with van der Waals surface area (Å²) in [6.45, 7) is 6.04. The van der Waals surface area contributed by atoms with Crippen LogP contribution < -0.4 is 0 Å². The third-order valence-corrected chi connectivity index (χ3v) is 4.73. The molecule has 1 aromatic carbocycles. The SMILES string of the molecule is Cc1ccc(-c2ccc(CCC(=O)c3cccc(C(=O)CC(C)C)n3)cn2)cc1. The summed E-state index contributed by atoms with van der Waals surface area (Å²) >= 11 is 0. The first-order valence-electron chi connectivity index (χ1n) is 9.98. The number of benzene rings is 1. The lowest BCUT2D eigenvalue weighted by Crippen LogP contribution is -2.10. The van der Waals surface area contributed by atoms with E-state index < -0.39 is 0 Å². The molecule has 148 valence electrons. The summed E-state index contributed by atoms with van der Waals surface area (Å²) < 4.78 is 0. The molecule has 0 N–H and O–H groups in total. The van der Waals surface area contributed by atoms with E-state index in [9.17, 15) is 9.59 Å². The Morgan fingerprint density at radius 1 is 0.897 bits per heavy atom. The topological polar surface area (TPSA) is 59.9 Å². The monoisotopic (exact) mass is 386 g/mol. The highest BCUT2D eigenvalue weighted by Crippen LogP contribution is 2.18. The number of aryl methyl sites for hydroxylation is 2. The molecule has 0 aliphatic heterocycles. The van der Waals surface area contributed by atoms with Crippen molar-refractivity contribution in [2.75, 3.05) is 0 Å². The molecule has 2 aromatic heterocycles. The first kappa shape index (κ1) is 20.6. The van der Waals surface area contributed by atoms with Crippen molar-refractivity contribution < 1.29 is 9.59 Å². The fourth-order valence-electron chi connectivity index (χ4n) is 3.07. The Balaban J connectivity index is 1.62. The molecule has 0 bridgehead atoms. The van der Waals surface area contributed by atoms with Gasteiger partial charge in [-0.3, -0.25) is 14.6 Å². The third kappa shape index (κ3) is 5.67. The van der Waals surface area contributed by atoms with Crippen LogP contribution in [0.4, 0.5) is 0 Å². The Hall–Kier alpha value is -3.14. The summed E-state index contributed by atoms with van der Waals surface area (Å²) in [5.41, 5.74) is 4.93. The van der Waals surface area contributed by atoms with Crippen LogP contribution in [0.25, 0.3) is 11.3 Å². The summed E-state index contributed by atoms with van der Waals surface area (Å²) in [6, 6.07) is 17.3. The standard InChI is InChI=1S/C25H26N2O2/c1-17(2)15-25(29)23-6-4-5-22(27-23)24(28)14-10-19-9-13-21(26-16-19)20-11-7-18(3)8-12-20/h4-9,11-13,16-17H,10,14-15H2,1-3H3. The fourth-order valence-corrected chi connectivity index (χ4v) is 3.07. The van der Waals surface area contributed by atoms with Crippen molar-refractivity contribution in [2.24, 2.45) is 5.92 Å². The lowest BCUT2D eigenvalue weighted by Gasteiger charge is -2.06. The third-order valence-electron chi connectivity index (χ3n) is 4.73. The average Bonchev–Trinajstić information content (AvgIpc) is 2.72. The molecule has 0 aliphatic carbocycles. The van der Waals surface area contributed by atoms with Crippen LogP contribution in [0.15, 0.2) is 60.8 Å². The minimum absolute atomic E-state index is 0.0226. The van der Waals surface area contributed by atoms with Crippen molar-refractivity contribution >= 4 is 11.6 Å². The van der Waals surface area contributed by atoms with E-state index in [4.69, 9.17) is 0 Å². The van der Waals surface area contributed by atoms with Crippen LogP contribution in [0.2, 0.25) is 0 Å². The first-order valence-corrected chi connectivity index (χ1v) is 9.98. The zero-order valence-corrected chi connectivity index (χ0v) is 17.2. The molecule has 0 saturated carbocycles. The van der Waals surface area contributed by atoms with Gasteiger partial charge in [0.2, 0.25) is 0 Å². The molecule has 0 spiro atoms. The van der Waals surface area contributed by atoms with Gasteiger partial charge in [0, 0.05) is 24.6 Å². The second-order valence-corrected chi connectivity index (χ2v) is 7.77. The first-order chi connectivity index (χ1) is 13.9. The van der Waals surface area contributed by atoms with Gasteiger partial charge in [-0.25, -0.2) is 4.98 Å². The Labute approximate surface area is 172 Å². The van der Waals surface area contributed by atoms with E-state index in [0.717, 1.165) is 16.8 Å². The second-order valence-electron chi connectivity index (χ2n) is 7.77. The zero-order chi connectivity index (χ0) is 20.8. The number of carbonyl (C=O) groups is 2. The molecule has 3 aromatic rings. The van der Waals surface area contributed by atoms with Crippen LogP contribution in [0.5, 0.6) is 0 Å². The van der Waals surface area contributed by atoms with E-state index in [1.807, 2.05) is 32.2 Å². The predicted molar refractivity (Wildman–Crippen MR) is 115 cm³/mol. The molecule has 0 fully saturated rings. The van der Waals surface area contributed by atoms with E-state index in [2.05, 4.69) is 41.2 Å². The normalized spacial score (nSPS) is 10.9. The molecule has 0 aliphatic rings. The molecular weight excluding hydrogens is 360 g/mol. The van der Waals surface area contributed by atoms with Crippen molar-refractivity contribution in [1.29, 1.82) is 0 Å². The highest BCUT2D eigenvalue weighted by atomic mass is 16.1. The van der Waals surface area contributed by atoms with Crippen molar-refractivity contribution in [3.05, 3.63) is 83.3 Å². The molecule has 29 heavy (non-hydrogen) atoms. The lowest BCUT2D eigenvalue weighted by molar-refractivity contribution is 0.0962. The number of hydrogen-bond acceptors (Lipinski definition) is 4. The van der Waals surface area contributed by atoms with E-state index in [1.54, 1.807) is 18.2 Å². The minimum Gasteiger partial charge on any atom is -0.292 e. The molecule has 2 heterocycles. The van der Waals surface area contributed by atoms with Crippen molar-refractivity contribution in [3.8, 4) is 11.3 Å². The number of ketones is 2. The number of pyridine rings is 2. The molecule has 3 rings (SSSR count). The number of hydrogen-bond donors (Lipinski definition) is 0. The summed E-state index contributed by atoms with van der Waals surface area (Å²) in [6.07, 6.45) is 3.17. The molecule has 0 unspecified atom stereocenters. The lowest BCUT2D eigenvalue weighted by atomic mass is 10.0. The van der Waals surface area contributed by atoms with E-state index in [0.29, 0.717) is 30.7 Å². The number of aromatic nitrogens is 2. The smallest absolute Gasteiger partial charge is 0.181 e. The van der Waals surface area contributed by atoms with Crippen LogP contribution in [0, 0.1) is 12.8 Å². The minimum atomic E-state index is -0.0631. The van der Waals surface area contributed by atoms with Crippen LogP contribution in [-0.4, -0.2) is 21.5 Å². The Morgan fingerprint density at radius 3 is 2.21 bits per heavy atom. The quantitative estimate of drug-likeness (QED) is 0.480. The summed E-state index contributed by atoms with van der Waals surface area (Å²) in [7, 11) is 0. The number of carbonyl (C=O) groups excluding carboxylic acids is 2. The van der Waals surface area contributed by atoms with Crippen LogP contribution in [0.3, 0.4) is 0 Å². The molecule has 0 saturated heterocycles. The maximum Gasteiger partial charge on any atom is 0.181 e. The predicted octanol–water partition coefficient (Wildman–Crippen LogP) is 5.50. The maximum absolute atomic E-state index is 12.5. The zero-order valence-electron chi connectivity index (χ0n) is 17.2. The van der Waals surface area contributed by atoms with Gasteiger partial charge in [0.15, 0.2) is 11.6 Å². The van der Waals surface area contributed by atoms with Crippen LogP contribution >= 0.6 is 0 Å². The van der Waals surface area contributed by atoms with E-state index in [-0.39, 0.29) is 17.5 Å². The second kappa shape index (κ2) is 9.37. The fraction of sp³-hybridized carbons (Fsp3) is 0.280.